The van der Waals surface area contributed by atoms with E-state index >= 15 is 0 Å². The summed E-state index contributed by atoms with van der Waals surface area (Å²) in [6.45, 7) is 5.37. The van der Waals surface area contributed by atoms with Gasteiger partial charge in [0.2, 0.25) is 0 Å². The highest BCUT2D eigenvalue weighted by atomic mass is 16.5. The van der Waals surface area contributed by atoms with E-state index in [2.05, 4.69) is 35.2 Å². The molecule has 0 atom stereocenters. The van der Waals surface area contributed by atoms with E-state index < -0.39 is 0 Å². The highest BCUT2D eigenvalue weighted by Crippen LogP contribution is 2.44. The van der Waals surface area contributed by atoms with Gasteiger partial charge in [-0.2, -0.15) is 5.10 Å². The number of carbonyl (C=O) groups is 1. The molecule has 32 heavy (non-hydrogen) atoms. The molecule has 3 aromatic rings. The third-order valence-electron chi connectivity index (χ3n) is 6.06. The second kappa shape index (κ2) is 8.29. The zero-order chi connectivity index (χ0) is 22.2. The van der Waals surface area contributed by atoms with Crippen molar-refractivity contribution in [2.24, 2.45) is 0 Å². The SMILES string of the molecule is CCn1ccc(-c2ccc(OCc3c(C4CC4)cccc3N3NNN(C)C3=O)c(C)c2)n1. The Hall–Kier alpha value is -3.36. The number of rotatable bonds is 7. The minimum Gasteiger partial charge on any atom is -0.489 e. The van der Waals surface area contributed by atoms with E-state index in [9.17, 15) is 4.79 Å². The molecule has 2 aromatic carbocycles. The highest BCUT2D eigenvalue weighted by molar-refractivity contribution is 5.93. The number of nitrogens with one attached hydrogen (secondary N) is 2. The van der Waals surface area contributed by atoms with Gasteiger partial charge in [-0.3, -0.25) is 4.68 Å². The Bertz CT molecular complexity index is 1150. The van der Waals surface area contributed by atoms with Crippen LogP contribution in [0.1, 0.15) is 42.4 Å². The Balaban J connectivity index is 1.40. The first-order chi connectivity index (χ1) is 15.5. The molecular formula is C24H28N6O2. The van der Waals surface area contributed by atoms with E-state index in [-0.39, 0.29) is 6.03 Å². The van der Waals surface area contributed by atoms with Crippen LogP contribution in [0.3, 0.4) is 0 Å². The minimum absolute atomic E-state index is 0.161. The van der Waals surface area contributed by atoms with E-state index in [1.54, 1.807) is 7.05 Å². The molecule has 1 saturated carbocycles. The number of hydrogen-bond acceptors (Lipinski definition) is 5. The molecule has 2 aliphatic rings. The quantitative estimate of drug-likeness (QED) is 0.587. The zero-order valence-corrected chi connectivity index (χ0v) is 18.6. The molecule has 8 nitrogen and oxygen atoms in total. The Morgan fingerprint density at radius 3 is 2.66 bits per heavy atom. The number of carbonyl (C=O) groups excluding carboxylic acids is 1. The molecular weight excluding hydrogens is 404 g/mol. The fourth-order valence-electron chi connectivity index (χ4n) is 4.08. The largest absolute Gasteiger partial charge is 0.489 e. The lowest BCUT2D eigenvalue weighted by Gasteiger charge is -2.21. The van der Waals surface area contributed by atoms with Crippen LogP contribution >= 0.6 is 0 Å². The molecule has 0 bridgehead atoms. The van der Waals surface area contributed by atoms with Crippen LogP contribution in [0.15, 0.2) is 48.7 Å². The summed E-state index contributed by atoms with van der Waals surface area (Å²) in [5.74, 6) is 1.37. The summed E-state index contributed by atoms with van der Waals surface area (Å²) in [6.07, 6.45) is 4.34. The van der Waals surface area contributed by atoms with Gasteiger partial charge in [0.1, 0.15) is 12.4 Å². The first-order valence-electron chi connectivity index (χ1n) is 11.0. The maximum atomic E-state index is 12.6. The van der Waals surface area contributed by atoms with Crippen molar-refractivity contribution < 1.29 is 9.53 Å². The van der Waals surface area contributed by atoms with Gasteiger partial charge in [0.05, 0.1) is 11.4 Å². The third-order valence-corrected chi connectivity index (χ3v) is 6.06. The van der Waals surface area contributed by atoms with Gasteiger partial charge >= 0.3 is 6.03 Å². The zero-order valence-electron chi connectivity index (χ0n) is 18.6. The number of hydrazine groups is 3. The lowest BCUT2D eigenvalue weighted by atomic mass is 10.0. The summed E-state index contributed by atoms with van der Waals surface area (Å²) in [5.41, 5.74) is 12.0. The lowest BCUT2D eigenvalue weighted by molar-refractivity contribution is 0.214. The van der Waals surface area contributed by atoms with Crippen LogP contribution in [0.25, 0.3) is 11.3 Å². The third kappa shape index (κ3) is 3.83. The fourth-order valence-corrected chi connectivity index (χ4v) is 4.08. The summed E-state index contributed by atoms with van der Waals surface area (Å²) in [7, 11) is 1.69. The van der Waals surface area contributed by atoms with Crippen molar-refractivity contribution in [1.29, 1.82) is 0 Å². The number of amides is 2. The van der Waals surface area contributed by atoms with E-state index in [4.69, 9.17) is 4.74 Å². The predicted octanol–water partition coefficient (Wildman–Crippen LogP) is 4.13. The molecule has 5 rings (SSSR count). The number of aromatic nitrogens is 2. The summed E-state index contributed by atoms with van der Waals surface area (Å²) in [6, 6.07) is 14.1. The van der Waals surface area contributed by atoms with Gasteiger partial charge in [-0.15, -0.1) is 11.1 Å². The number of ether oxygens (including phenoxy) is 1. The molecule has 0 radical (unpaired) electrons. The number of aryl methyl sites for hydroxylation is 2. The maximum Gasteiger partial charge on any atom is 0.355 e. The van der Waals surface area contributed by atoms with Crippen molar-refractivity contribution >= 4 is 11.7 Å². The van der Waals surface area contributed by atoms with E-state index in [0.29, 0.717) is 12.5 Å². The molecule has 2 fully saturated rings. The van der Waals surface area contributed by atoms with Crippen molar-refractivity contribution in [1.82, 2.24) is 25.9 Å². The van der Waals surface area contributed by atoms with Crippen LogP contribution < -0.4 is 20.8 Å². The van der Waals surface area contributed by atoms with Gasteiger partial charge in [0.25, 0.3) is 0 Å². The Morgan fingerprint density at radius 1 is 1.16 bits per heavy atom. The molecule has 1 saturated heterocycles. The molecule has 8 heteroatoms. The van der Waals surface area contributed by atoms with Gasteiger partial charge in [0, 0.05) is 30.9 Å². The van der Waals surface area contributed by atoms with Gasteiger partial charge in [-0.1, -0.05) is 12.1 Å². The second-order valence-corrected chi connectivity index (χ2v) is 8.35. The van der Waals surface area contributed by atoms with Crippen molar-refractivity contribution in [2.75, 3.05) is 12.1 Å². The Morgan fingerprint density at radius 2 is 2.00 bits per heavy atom. The molecule has 1 aliphatic heterocycles. The number of urea groups is 1. The Kier molecular flexibility index (Phi) is 5.32. The van der Waals surface area contributed by atoms with Crippen LogP contribution in [0, 0.1) is 6.92 Å². The monoisotopic (exact) mass is 432 g/mol. The topological polar surface area (TPSA) is 74.7 Å². The highest BCUT2D eigenvalue weighted by Gasteiger charge is 2.32. The van der Waals surface area contributed by atoms with Crippen molar-refractivity contribution in [3.63, 3.8) is 0 Å². The summed E-state index contributed by atoms with van der Waals surface area (Å²) in [5, 5.41) is 7.54. The molecule has 166 valence electrons. The van der Waals surface area contributed by atoms with E-state index in [1.165, 1.54) is 28.4 Å². The molecule has 1 aliphatic carbocycles. The van der Waals surface area contributed by atoms with Crippen LogP contribution in [0.4, 0.5) is 10.5 Å². The van der Waals surface area contributed by atoms with Crippen molar-refractivity contribution in [3.8, 4) is 17.0 Å². The fraction of sp³-hybridized carbons (Fsp3) is 0.333. The van der Waals surface area contributed by atoms with Crippen LogP contribution in [0.5, 0.6) is 5.75 Å². The Labute approximate surface area is 187 Å². The van der Waals surface area contributed by atoms with Gasteiger partial charge < -0.3 is 4.74 Å². The van der Waals surface area contributed by atoms with Crippen LogP contribution in [0.2, 0.25) is 0 Å². The van der Waals surface area contributed by atoms with Crippen LogP contribution in [-0.2, 0) is 13.2 Å². The average molecular weight is 433 g/mol. The summed E-state index contributed by atoms with van der Waals surface area (Å²) in [4.78, 5) is 12.6. The molecule has 0 spiro atoms. The molecule has 1 aromatic heterocycles. The van der Waals surface area contributed by atoms with Crippen molar-refractivity contribution in [3.05, 3.63) is 65.4 Å². The molecule has 2 N–H and O–H groups in total. The van der Waals surface area contributed by atoms with Gasteiger partial charge in [-0.25, -0.2) is 14.8 Å². The first-order valence-corrected chi connectivity index (χ1v) is 11.0. The normalized spacial score (nSPS) is 16.2. The van der Waals surface area contributed by atoms with Crippen molar-refractivity contribution in [2.45, 2.75) is 45.8 Å². The standard InChI is InChI=1S/C24H28N6O2/c1-4-29-13-12-21(25-29)18-10-11-23(16(2)14-18)32-15-20-19(17-8-9-17)6-5-7-22(20)30-24(31)28(3)26-27-30/h5-7,10-14,17,26-27H,4,8-9,15H2,1-3H3. The average Bonchev–Trinajstić information content (AvgIpc) is 3.44. The molecule has 0 unspecified atom stereocenters. The first kappa shape index (κ1) is 20.5. The van der Waals surface area contributed by atoms with E-state index in [1.807, 2.05) is 48.1 Å². The second-order valence-electron chi connectivity index (χ2n) is 8.35. The molecule has 2 amide bonds. The van der Waals surface area contributed by atoms with Gasteiger partial charge in [0.15, 0.2) is 0 Å². The minimum atomic E-state index is -0.161. The molecule has 2 heterocycles. The van der Waals surface area contributed by atoms with Crippen LogP contribution in [-0.4, -0.2) is 27.9 Å². The number of benzene rings is 2. The van der Waals surface area contributed by atoms with E-state index in [0.717, 1.165) is 40.4 Å². The smallest absolute Gasteiger partial charge is 0.355 e. The maximum absolute atomic E-state index is 12.6. The lowest BCUT2D eigenvalue weighted by Crippen LogP contribution is -2.38. The number of anilines is 1. The summed E-state index contributed by atoms with van der Waals surface area (Å²) >= 11 is 0. The van der Waals surface area contributed by atoms with Gasteiger partial charge in [-0.05, 0) is 74.1 Å². The summed E-state index contributed by atoms with van der Waals surface area (Å²) < 4.78 is 8.22. The number of nitrogens with zero attached hydrogens (tertiary/aromatic N) is 4. The predicted molar refractivity (Wildman–Crippen MR) is 123 cm³/mol. The number of hydrogen-bond donors (Lipinski definition) is 2.